The lowest BCUT2D eigenvalue weighted by Gasteiger charge is -2.14. The van der Waals surface area contributed by atoms with Gasteiger partial charge in [-0.25, -0.2) is 4.68 Å². The smallest absolute Gasteiger partial charge is 0.220 e. The van der Waals surface area contributed by atoms with Gasteiger partial charge in [0, 0.05) is 38.0 Å². The molecule has 2 aromatic rings. The summed E-state index contributed by atoms with van der Waals surface area (Å²) in [4.78, 5) is 13.7. The molecular weight excluding hydrogens is 266 g/mol. The number of hydrogen-bond donors (Lipinski definition) is 1. The van der Waals surface area contributed by atoms with Gasteiger partial charge < -0.3 is 5.32 Å². The minimum atomic E-state index is 0.194. The number of rotatable bonds is 3. The topological polar surface area (TPSA) is 63.1 Å². The number of nitrogens with zero attached hydrogens (tertiary/aromatic N) is 4. The maximum absolute atomic E-state index is 11.3. The molecule has 2 saturated heterocycles. The average molecular weight is 283 g/mol. The number of likely N-dealkylation sites (tertiary alicyclic amines) is 1. The molecule has 0 saturated carbocycles. The lowest BCUT2D eigenvalue weighted by Crippen LogP contribution is -2.32. The first-order chi connectivity index (χ1) is 10.3. The molecule has 0 aliphatic carbocycles. The van der Waals surface area contributed by atoms with Gasteiger partial charge in [-0.2, -0.15) is 0 Å². The van der Waals surface area contributed by atoms with E-state index in [9.17, 15) is 4.79 Å². The maximum Gasteiger partial charge on any atom is 0.220 e. The molecule has 1 amide bonds. The molecule has 6 heteroatoms. The molecule has 108 valence electrons. The second-order valence-electron chi connectivity index (χ2n) is 5.82. The minimum Gasteiger partial charge on any atom is -0.352 e. The van der Waals surface area contributed by atoms with Crippen LogP contribution in [-0.2, 0) is 11.3 Å². The normalized spacial score (nSPS) is 25.0. The Balaban J connectivity index is 1.43. The van der Waals surface area contributed by atoms with Crippen molar-refractivity contribution in [3.05, 3.63) is 42.2 Å². The fourth-order valence-electron chi connectivity index (χ4n) is 3.27. The maximum atomic E-state index is 11.3. The van der Waals surface area contributed by atoms with E-state index in [1.54, 1.807) is 4.68 Å². The average Bonchev–Trinajstić information content (AvgIpc) is 3.15. The van der Waals surface area contributed by atoms with Crippen LogP contribution in [0.4, 0.5) is 0 Å². The van der Waals surface area contributed by atoms with Crippen LogP contribution >= 0.6 is 0 Å². The zero-order valence-electron chi connectivity index (χ0n) is 11.6. The van der Waals surface area contributed by atoms with Crippen LogP contribution in [0.2, 0.25) is 0 Å². The van der Waals surface area contributed by atoms with Crippen LogP contribution in [-0.4, -0.2) is 44.9 Å². The highest BCUT2D eigenvalue weighted by atomic mass is 16.2. The van der Waals surface area contributed by atoms with Gasteiger partial charge in [-0.15, -0.1) is 5.10 Å². The summed E-state index contributed by atoms with van der Waals surface area (Å²) < 4.78 is 1.80. The molecule has 1 N–H and O–H groups in total. The van der Waals surface area contributed by atoms with Gasteiger partial charge in [0.05, 0.1) is 17.6 Å². The first-order valence-corrected chi connectivity index (χ1v) is 7.26. The second-order valence-corrected chi connectivity index (χ2v) is 5.82. The second kappa shape index (κ2) is 4.96. The zero-order chi connectivity index (χ0) is 14.2. The molecule has 6 nitrogen and oxygen atoms in total. The standard InChI is InChI=1S/C15H17N5O/c21-15-6-11-7-19(10-14(11)16-15)8-12-9-20(18-17-12)13-4-2-1-3-5-13/h1-5,9,11,14H,6-8,10H2,(H,16,21)/t11-,14+/m0/s1. The predicted octanol–water partition coefficient (Wildman–Crippen LogP) is 0.588. The van der Waals surface area contributed by atoms with Gasteiger partial charge in [-0.3, -0.25) is 9.69 Å². The van der Waals surface area contributed by atoms with Crippen LogP contribution in [0.15, 0.2) is 36.5 Å². The van der Waals surface area contributed by atoms with E-state index in [1.807, 2.05) is 36.5 Å². The van der Waals surface area contributed by atoms with Crippen molar-refractivity contribution in [2.75, 3.05) is 13.1 Å². The highest BCUT2D eigenvalue weighted by Gasteiger charge is 2.39. The van der Waals surface area contributed by atoms with E-state index in [1.165, 1.54) is 0 Å². The lowest BCUT2D eigenvalue weighted by molar-refractivity contribution is -0.119. The highest BCUT2D eigenvalue weighted by Crippen LogP contribution is 2.26. The number of carbonyl (C=O) groups is 1. The van der Waals surface area contributed by atoms with Crippen molar-refractivity contribution >= 4 is 5.91 Å². The summed E-state index contributed by atoms with van der Waals surface area (Å²) in [6.45, 7) is 2.66. The van der Waals surface area contributed by atoms with Crippen LogP contribution < -0.4 is 5.32 Å². The van der Waals surface area contributed by atoms with Gasteiger partial charge >= 0.3 is 0 Å². The van der Waals surface area contributed by atoms with Crippen LogP contribution in [0.1, 0.15) is 12.1 Å². The monoisotopic (exact) mass is 283 g/mol. The molecule has 0 bridgehead atoms. The number of benzene rings is 1. The third-order valence-corrected chi connectivity index (χ3v) is 4.26. The lowest BCUT2D eigenvalue weighted by atomic mass is 10.1. The molecule has 0 spiro atoms. The SMILES string of the molecule is O=C1C[C@H]2CN(Cc3cn(-c4ccccc4)nn3)C[C@H]2N1. The summed E-state index contributed by atoms with van der Waals surface area (Å²) in [7, 11) is 0. The van der Waals surface area contributed by atoms with Gasteiger partial charge in [0.25, 0.3) is 0 Å². The van der Waals surface area contributed by atoms with Crippen LogP contribution in [0, 0.1) is 5.92 Å². The Labute approximate surface area is 122 Å². The first-order valence-electron chi connectivity index (χ1n) is 7.26. The van der Waals surface area contributed by atoms with Crippen molar-refractivity contribution in [3.8, 4) is 5.69 Å². The molecule has 2 aliphatic rings. The van der Waals surface area contributed by atoms with E-state index in [0.29, 0.717) is 18.4 Å². The van der Waals surface area contributed by atoms with Gasteiger partial charge in [0.15, 0.2) is 0 Å². The summed E-state index contributed by atoms with van der Waals surface area (Å²) in [6, 6.07) is 10.3. The van der Waals surface area contributed by atoms with Gasteiger partial charge in [-0.05, 0) is 12.1 Å². The Kier molecular flexibility index (Phi) is 2.96. The van der Waals surface area contributed by atoms with Gasteiger partial charge in [0.2, 0.25) is 5.91 Å². The molecule has 1 aromatic heterocycles. The van der Waals surface area contributed by atoms with Gasteiger partial charge in [0.1, 0.15) is 0 Å². The molecule has 4 rings (SSSR count). The van der Waals surface area contributed by atoms with E-state index in [-0.39, 0.29) is 5.91 Å². The molecule has 1 aromatic carbocycles. The molecule has 0 unspecified atom stereocenters. The number of fused-ring (bicyclic) bond motifs is 1. The van der Waals surface area contributed by atoms with E-state index in [0.717, 1.165) is 31.0 Å². The highest BCUT2D eigenvalue weighted by molar-refractivity contribution is 5.79. The number of hydrogen-bond acceptors (Lipinski definition) is 4. The number of carbonyl (C=O) groups excluding carboxylic acids is 1. The fraction of sp³-hybridized carbons (Fsp3) is 0.400. The van der Waals surface area contributed by atoms with E-state index in [2.05, 4.69) is 20.5 Å². The van der Waals surface area contributed by atoms with Crippen molar-refractivity contribution in [2.45, 2.75) is 19.0 Å². The van der Waals surface area contributed by atoms with E-state index in [4.69, 9.17) is 0 Å². The molecule has 2 aliphatic heterocycles. The first kappa shape index (κ1) is 12.5. The van der Waals surface area contributed by atoms with E-state index >= 15 is 0 Å². The third-order valence-electron chi connectivity index (χ3n) is 4.26. The summed E-state index contributed by atoms with van der Waals surface area (Å²) >= 11 is 0. The summed E-state index contributed by atoms with van der Waals surface area (Å²) in [5.41, 5.74) is 1.98. The summed E-state index contributed by atoms with van der Waals surface area (Å²) in [6.07, 6.45) is 2.64. The predicted molar refractivity (Wildman–Crippen MR) is 76.7 cm³/mol. The molecule has 21 heavy (non-hydrogen) atoms. The molecule has 3 heterocycles. The summed E-state index contributed by atoms with van der Waals surface area (Å²) in [5, 5.41) is 11.5. The Morgan fingerprint density at radius 2 is 2.10 bits per heavy atom. The Hall–Kier alpha value is -2.21. The number of para-hydroxylation sites is 1. The quantitative estimate of drug-likeness (QED) is 0.895. The Bertz CT molecular complexity index is 637. The fourth-order valence-corrected chi connectivity index (χ4v) is 3.27. The van der Waals surface area contributed by atoms with Crippen LogP contribution in [0.3, 0.4) is 0 Å². The van der Waals surface area contributed by atoms with Crippen molar-refractivity contribution in [1.29, 1.82) is 0 Å². The molecular formula is C15H17N5O. The summed E-state index contributed by atoms with van der Waals surface area (Å²) in [5.74, 6) is 0.654. The minimum absolute atomic E-state index is 0.194. The number of amides is 1. The number of nitrogens with one attached hydrogen (secondary N) is 1. The van der Waals surface area contributed by atoms with Crippen LogP contribution in [0.5, 0.6) is 0 Å². The number of aromatic nitrogens is 3. The van der Waals surface area contributed by atoms with Crippen molar-refractivity contribution in [3.63, 3.8) is 0 Å². The van der Waals surface area contributed by atoms with Crippen LogP contribution in [0.25, 0.3) is 5.69 Å². The third kappa shape index (κ3) is 2.42. The van der Waals surface area contributed by atoms with E-state index < -0.39 is 0 Å². The van der Waals surface area contributed by atoms with Crippen molar-refractivity contribution in [1.82, 2.24) is 25.2 Å². The zero-order valence-corrected chi connectivity index (χ0v) is 11.6. The Morgan fingerprint density at radius 1 is 1.24 bits per heavy atom. The molecule has 2 atom stereocenters. The Morgan fingerprint density at radius 3 is 2.90 bits per heavy atom. The molecule has 0 radical (unpaired) electrons. The van der Waals surface area contributed by atoms with Crippen molar-refractivity contribution < 1.29 is 4.79 Å². The largest absolute Gasteiger partial charge is 0.352 e. The molecule has 2 fully saturated rings. The van der Waals surface area contributed by atoms with Gasteiger partial charge in [-0.1, -0.05) is 23.4 Å². The van der Waals surface area contributed by atoms with Crippen molar-refractivity contribution in [2.24, 2.45) is 5.92 Å².